The van der Waals surface area contributed by atoms with Gasteiger partial charge in [0.15, 0.2) is 5.96 Å². The molecule has 1 aliphatic heterocycles. The van der Waals surface area contributed by atoms with E-state index in [0.29, 0.717) is 17.2 Å². The molecule has 1 aliphatic rings. The van der Waals surface area contributed by atoms with Gasteiger partial charge in [0.1, 0.15) is 5.75 Å². The van der Waals surface area contributed by atoms with Gasteiger partial charge in [0.25, 0.3) is 5.91 Å². The summed E-state index contributed by atoms with van der Waals surface area (Å²) in [4.78, 5) is 40.6. The summed E-state index contributed by atoms with van der Waals surface area (Å²) in [5, 5.41) is 31.0. The van der Waals surface area contributed by atoms with Crippen LogP contribution >= 0.6 is 27.5 Å². The van der Waals surface area contributed by atoms with E-state index in [9.17, 15) is 24.6 Å². The van der Waals surface area contributed by atoms with Crippen LogP contribution in [-0.4, -0.2) is 53.6 Å². The fourth-order valence-electron chi connectivity index (χ4n) is 3.26. The molecule has 2 aromatic carbocycles. The number of guanidine groups is 1. The van der Waals surface area contributed by atoms with Crippen molar-refractivity contribution in [2.45, 2.75) is 18.9 Å². The molecule has 0 bridgehead atoms. The first-order valence-corrected chi connectivity index (χ1v) is 11.5. The Morgan fingerprint density at radius 3 is 2.74 bits per heavy atom. The number of halogens is 2. The lowest BCUT2D eigenvalue weighted by atomic mass is 10.0. The Hall–Kier alpha value is -3.31. The van der Waals surface area contributed by atoms with Crippen LogP contribution in [0.25, 0.3) is 0 Å². The molecular formula is C22H23BrClN5O5. The van der Waals surface area contributed by atoms with Crippen molar-refractivity contribution in [3.63, 3.8) is 0 Å². The number of aliphatic carboxylic acids is 1. The monoisotopic (exact) mass is 551 g/mol. The lowest BCUT2D eigenvalue weighted by Crippen LogP contribution is -2.39. The summed E-state index contributed by atoms with van der Waals surface area (Å²) >= 11 is 9.15. The summed E-state index contributed by atoms with van der Waals surface area (Å²) in [5.41, 5.74) is 1.13. The summed E-state index contributed by atoms with van der Waals surface area (Å²) in [7, 11) is 0. The van der Waals surface area contributed by atoms with Crippen LogP contribution in [0.1, 0.15) is 34.8 Å². The molecule has 3 rings (SSSR count). The lowest BCUT2D eigenvalue weighted by Gasteiger charge is -2.20. The number of phenols is 1. The molecule has 0 aliphatic carbocycles. The van der Waals surface area contributed by atoms with E-state index >= 15 is 0 Å². The number of hydrogen-bond donors (Lipinski definition) is 6. The molecule has 1 heterocycles. The van der Waals surface area contributed by atoms with Gasteiger partial charge in [0, 0.05) is 34.9 Å². The van der Waals surface area contributed by atoms with E-state index in [-0.39, 0.29) is 20.8 Å². The molecule has 2 aromatic rings. The summed E-state index contributed by atoms with van der Waals surface area (Å²) in [6.45, 7) is 1.13. The molecule has 180 valence electrons. The van der Waals surface area contributed by atoms with Gasteiger partial charge >= 0.3 is 5.97 Å². The molecule has 0 spiro atoms. The Bertz CT molecular complexity index is 1130. The SMILES string of the molecule is O=C(O)C[C@@H](NC(=O)CNC(=O)c1cccc(NC2=NCCCN2)c1)c1cc(Cl)cc(Br)c1O. The zero-order valence-electron chi connectivity index (χ0n) is 17.9. The number of aromatic hydroxyl groups is 1. The molecule has 0 saturated heterocycles. The standard InChI is InChI=1S/C22H23BrClN5O5/c23-16-9-13(24)8-15(20(16)33)17(10-19(31)32)29-18(30)11-27-21(34)12-3-1-4-14(7-12)28-22-25-5-2-6-26-22/h1,3-4,7-9,17,33H,2,5-6,10-11H2,(H,27,34)(H,29,30)(H,31,32)(H2,25,26,28)/t17-/m1/s1. The van der Waals surface area contributed by atoms with Gasteiger partial charge in [-0.2, -0.15) is 0 Å². The maximum absolute atomic E-state index is 12.5. The Morgan fingerprint density at radius 2 is 2.03 bits per heavy atom. The molecule has 0 fully saturated rings. The Kier molecular flexibility index (Phi) is 8.72. The molecule has 0 unspecified atom stereocenters. The van der Waals surface area contributed by atoms with E-state index in [1.807, 2.05) is 0 Å². The van der Waals surface area contributed by atoms with Crippen LogP contribution in [0.3, 0.4) is 0 Å². The number of amides is 2. The van der Waals surface area contributed by atoms with Crippen LogP contribution in [0.2, 0.25) is 5.02 Å². The number of benzene rings is 2. The quantitative estimate of drug-likeness (QED) is 0.294. The van der Waals surface area contributed by atoms with E-state index in [1.54, 1.807) is 24.3 Å². The van der Waals surface area contributed by atoms with E-state index in [0.717, 1.165) is 19.5 Å². The van der Waals surface area contributed by atoms with E-state index in [2.05, 4.69) is 42.2 Å². The van der Waals surface area contributed by atoms with Crippen molar-refractivity contribution in [1.29, 1.82) is 0 Å². The molecule has 0 radical (unpaired) electrons. The normalized spacial score (nSPS) is 13.8. The number of nitrogens with zero attached hydrogens (tertiary/aromatic N) is 1. The molecule has 0 saturated carbocycles. The molecule has 10 nitrogen and oxygen atoms in total. The van der Waals surface area contributed by atoms with Crippen molar-refractivity contribution >= 4 is 57.0 Å². The highest BCUT2D eigenvalue weighted by atomic mass is 79.9. The average Bonchev–Trinajstić information content (AvgIpc) is 2.80. The minimum absolute atomic E-state index is 0.138. The van der Waals surface area contributed by atoms with Gasteiger partial charge in [0.05, 0.1) is 23.5 Å². The highest BCUT2D eigenvalue weighted by molar-refractivity contribution is 9.10. The summed E-state index contributed by atoms with van der Waals surface area (Å²) < 4.78 is 0.260. The summed E-state index contributed by atoms with van der Waals surface area (Å²) in [6.07, 6.45) is 0.461. The van der Waals surface area contributed by atoms with Crippen molar-refractivity contribution in [3.05, 3.63) is 57.0 Å². The van der Waals surface area contributed by atoms with Crippen molar-refractivity contribution in [2.75, 3.05) is 25.0 Å². The summed E-state index contributed by atoms with van der Waals surface area (Å²) in [5.74, 6) is -1.92. The number of phenolic OH excluding ortho intramolecular Hbond substituents is 1. The van der Waals surface area contributed by atoms with Crippen LogP contribution in [0.5, 0.6) is 5.75 Å². The fraction of sp³-hybridized carbons (Fsp3) is 0.273. The van der Waals surface area contributed by atoms with Gasteiger partial charge in [-0.05, 0) is 52.7 Å². The first kappa shape index (κ1) is 25.3. The number of carbonyl (C=O) groups is 3. The van der Waals surface area contributed by atoms with Gasteiger partial charge in [-0.1, -0.05) is 17.7 Å². The zero-order valence-corrected chi connectivity index (χ0v) is 20.2. The van der Waals surface area contributed by atoms with E-state index in [1.165, 1.54) is 12.1 Å². The van der Waals surface area contributed by atoms with Crippen LogP contribution in [0, 0.1) is 0 Å². The van der Waals surface area contributed by atoms with Gasteiger partial charge in [-0.25, -0.2) is 0 Å². The molecule has 2 amide bonds. The van der Waals surface area contributed by atoms with Crippen LogP contribution in [0.4, 0.5) is 5.69 Å². The first-order chi connectivity index (χ1) is 16.2. The predicted molar refractivity (Wildman–Crippen MR) is 131 cm³/mol. The third-order valence-electron chi connectivity index (χ3n) is 4.84. The number of carbonyl (C=O) groups excluding carboxylic acids is 2. The van der Waals surface area contributed by atoms with E-state index in [4.69, 9.17) is 11.6 Å². The number of aliphatic imine (C=N–C) groups is 1. The first-order valence-electron chi connectivity index (χ1n) is 10.4. The van der Waals surface area contributed by atoms with Crippen LogP contribution in [-0.2, 0) is 9.59 Å². The van der Waals surface area contributed by atoms with Crippen molar-refractivity contribution in [3.8, 4) is 5.75 Å². The third kappa shape index (κ3) is 7.09. The molecule has 1 atom stereocenters. The molecule has 0 aromatic heterocycles. The third-order valence-corrected chi connectivity index (χ3v) is 5.66. The Balaban J connectivity index is 1.62. The zero-order chi connectivity index (χ0) is 24.7. The Morgan fingerprint density at radius 1 is 1.24 bits per heavy atom. The number of rotatable bonds is 8. The number of anilines is 1. The van der Waals surface area contributed by atoms with Gasteiger partial charge in [-0.3, -0.25) is 19.4 Å². The molecule has 6 N–H and O–H groups in total. The second-order valence-corrected chi connectivity index (χ2v) is 8.73. The number of nitrogens with one attached hydrogen (secondary N) is 4. The average molecular weight is 553 g/mol. The predicted octanol–water partition coefficient (Wildman–Crippen LogP) is 2.63. The van der Waals surface area contributed by atoms with Crippen LogP contribution in [0.15, 0.2) is 45.9 Å². The highest BCUT2D eigenvalue weighted by Gasteiger charge is 2.23. The van der Waals surface area contributed by atoms with Crippen molar-refractivity contribution in [1.82, 2.24) is 16.0 Å². The second kappa shape index (κ2) is 11.7. The van der Waals surface area contributed by atoms with Crippen molar-refractivity contribution < 1.29 is 24.6 Å². The number of carboxylic acid groups (broad SMARTS) is 1. The number of hydrogen-bond acceptors (Lipinski definition) is 7. The maximum Gasteiger partial charge on any atom is 0.305 e. The molecular weight excluding hydrogens is 530 g/mol. The largest absolute Gasteiger partial charge is 0.506 e. The minimum atomic E-state index is -1.19. The van der Waals surface area contributed by atoms with E-state index < -0.39 is 36.8 Å². The molecule has 12 heteroatoms. The van der Waals surface area contributed by atoms with Crippen molar-refractivity contribution in [2.24, 2.45) is 4.99 Å². The lowest BCUT2D eigenvalue weighted by molar-refractivity contribution is -0.137. The second-order valence-electron chi connectivity index (χ2n) is 7.44. The number of carboxylic acids is 1. The summed E-state index contributed by atoms with van der Waals surface area (Å²) in [6, 6.07) is 8.47. The van der Waals surface area contributed by atoms with Gasteiger partial charge < -0.3 is 31.5 Å². The van der Waals surface area contributed by atoms with Crippen LogP contribution < -0.4 is 21.3 Å². The fourth-order valence-corrected chi connectivity index (χ4v) is 4.10. The van der Waals surface area contributed by atoms with Gasteiger partial charge in [-0.15, -0.1) is 0 Å². The maximum atomic E-state index is 12.5. The smallest absolute Gasteiger partial charge is 0.305 e. The molecule has 34 heavy (non-hydrogen) atoms. The van der Waals surface area contributed by atoms with Gasteiger partial charge in [0.2, 0.25) is 5.91 Å². The highest BCUT2D eigenvalue weighted by Crippen LogP contribution is 2.36. The Labute approximate surface area is 208 Å². The topological polar surface area (TPSA) is 152 Å². The minimum Gasteiger partial charge on any atom is -0.506 e.